The predicted molar refractivity (Wildman–Crippen MR) is 32.3 cm³/mol. The fraction of sp³-hybridized carbons (Fsp3) is 1.00. The monoisotopic (exact) mass is 137 g/mol. The molecule has 0 bridgehead atoms. The van der Waals surface area contributed by atoms with Gasteiger partial charge in [-0.1, -0.05) is 30.2 Å². The van der Waals surface area contributed by atoms with E-state index in [1.54, 1.807) is 19.6 Å². The Kier molecular flexibility index (Phi) is 2.16. The first kappa shape index (κ1) is 7.33. The molecule has 0 N–H and O–H groups in total. The summed E-state index contributed by atoms with van der Waals surface area (Å²) in [6, 6.07) is 0. The van der Waals surface area contributed by atoms with Crippen LogP contribution in [0.4, 0.5) is 0 Å². The van der Waals surface area contributed by atoms with Crippen molar-refractivity contribution in [1.82, 2.24) is 0 Å². The van der Waals surface area contributed by atoms with E-state index in [-0.39, 0.29) is 0 Å². The molecular formula is C3H9O2SSi-. The summed E-state index contributed by atoms with van der Waals surface area (Å²) in [5.74, 6) is 0. The molecule has 0 rings (SSSR count). The van der Waals surface area contributed by atoms with Crippen molar-refractivity contribution in [3.05, 3.63) is 0 Å². The van der Waals surface area contributed by atoms with Gasteiger partial charge in [-0.25, -0.2) is 0 Å². The highest BCUT2D eigenvalue weighted by Crippen LogP contribution is 2.02. The molecule has 7 heavy (non-hydrogen) atoms. The van der Waals surface area contributed by atoms with Crippen molar-refractivity contribution >= 4 is 17.8 Å². The second kappa shape index (κ2) is 2.06. The first-order valence-electron chi connectivity index (χ1n) is 2.04. The maximum absolute atomic E-state index is 10.1. The van der Waals surface area contributed by atoms with Gasteiger partial charge in [0, 0.05) is 0 Å². The lowest BCUT2D eigenvalue weighted by Gasteiger charge is -2.18. The summed E-state index contributed by atoms with van der Waals surface area (Å²) in [6.45, 7) is 5.36. The highest BCUT2D eigenvalue weighted by Gasteiger charge is 2.12. The normalized spacial score (nSPS) is 16.6. The first-order chi connectivity index (χ1) is 2.94. The van der Waals surface area contributed by atoms with Crippen LogP contribution in [-0.2, 0) is 10.5 Å². The van der Waals surface area contributed by atoms with Gasteiger partial charge in [0.25, 0.3) is 0 Å². The Hall–Kier alpha value is 0.327. The number of hydrogen-bond acceptors (Lipinski definition) is 2. The van der Waals surface area contributed by atoms with E-state index in [1.165, 1.54) is 0 Å². The Balaban J connectivity index is 3.79. The fourth-order valence-corrected chi connectivity index (χ4v) is 0. The Morgan fingerprint density at radius 1 is 1.43 bits per heavy atom. The van der Waals surface area contributed by atoms with Gasteiger partial charge in [-0.2, -0.15) is 0 Å². The number of hydrogen-bond donors (Lipinski definition) is 0. The van der Waals surface area contributed by atoms with Crippen LogP contribution in [0.5, 0.6) is 0 Å². The van der Waals surface area contributed by atoms with Crippen LogP contribution >= 0.6 is 0 Å². The Labute approximate surface area is 46.9 Å². The zero-order valence-electron chi connectivity index (χ0n) is 4.72. The largest absolute Gasteiger partial charge is 0.777 e. The summed E-state index contributed by atoms with van der Waals surface area (Å²) in [5.41, 5.74) is 0. The molecule has 0 aliphatic carbocycles. The lowest BCUT2D eigenvalue weighted by molar-refractivity contribution is 0.549. The van der Waals surface area contributed by atoms with Gasteiger partial charge >= 0.3 is 0 Å². The minimum absolute atomic E-state index is 1.79. The molecule has 44 valence electrons. The molecule has 0 amide bonds. The van der Waals surface area contributed by atoms with Crippen molar-refractivity contribution in [1.29, 1.82) is 0 Å². The molecule has 1 unspecified atom stereocenters. The molecule has 0 aromatic carbocycles. The summed E-state index contributed by atoms with van der Waals surface area (Å²) < 4.78 is 20.2. The molecule has 4 heteroatoms. The quantitative estimate of drug-likeness (QED) is 0.394. The zero-order valence-corrected chi connectivity index (χ0v) is 6.54. The third kappa shape index (κ3) is 2.96. The lowest BCUT2D eigenvalue weighted by atomic mass is 11.8. The molecule has 0 spiro atoms. The molecule has 0 radical (unpaired) electrons. The predicted octanol–water partition coefficient (Wildman–Crippen LogP) is 0.700. The molecule has 0 fully saturated rings. The van der Waals surface area contributed by atoms with E-state index in [4.69, 9.17) is 0 Å². The summed E-state index contributed by atoms with van der Waals surface area (Å²) in [6.07, 6.45) is 0. The average molecular weight is 137 g/mol. The van der Waals surface area contributed by atoms with Crippen LogP contribution in [0.25, 0.3) is 0 Å². The third-order valence-corrected chi connectivity index (χ3v) is 4.50. The van der Waals surface area contributed by atoms with Gasteiger partial charge < -0.3 is 4.55 Å². The highest BCUT2D eigenvalue weighted by atomic mass is 32.4. The Bertz CT molecular complexity index is 85.4. The molecule has 0 saturated heterocycles. The lowest BCUT2D eigenvalue weighted by Crippen LogP contribution is -2.26. The van der Waals surface area contributed by atoms with Crippen LogP contribution in [0, 0.1) is 0 Å². The van der Waals surface area contributed by atoms with Crippen molar-refractivity contribution in [2.45, 2.75) is 19.6 Å². The van der Waals surface area contributed by atoms with Crippen molar-refractivity contribution in [3.63, 3.8) is 0 Å². The molecule has 0 aliphatic heterocycles. The highest BCUT2D eigenvalue weighted by molar-refractivity contribution is 8.12. The first-order valence-corrected chi connectivity index (χ1v) is 7.34. The summed E-state index contributed by atoms with van der Waals surface area (Å²) >= 11 is 0. The minimum atomic E-state index is -1.82. The van der Waals surface area contributed by atoms with Gasteiger partial charge in [-0.05, 0) is 0 Å². The average Bonchev–Trinajstić information content (AvgIpc) is 1.31. The van der Waals surface area contributed by atoms with E-state index >= 15 is 0 Å². The molecule has 0 aromatic rings. The van der Waals surface area contributed by atoms with E-state index in [2.05, 4.69) is 0 Å². The summed E-state index contributed by atoms with van der Waals surface area (Å²) in [5, 5.41) is 0. The molecule has 0 heterocycles. The van der Waals surface area contributed by atoms with Gasteiger partial charge in [-0.3, -0.25) is 4.21 Å². The van der Waals surface area contributed by atoms with Crippen molar-refractivity contribution in [2.75, 3.05) is 0 Å². The standard InChI is InChI=1S/C3H10O2SSi/c1-7(2,3)6(4)5/h1-3H3,(H,4,5)/p-1. The van der Waals surface area contributed by atoms with Gasteiger partial charge in [0.05, 0.1) is 0 Å². The van der Waals surface area contributed by atoms with Crippen LogP contribution in [-0.4, -0.2) is 16.0 Å². The van der Waals surface area contributed by atoms with Crippen LogP contribution in [0.2, 0.25) is 19.6 Å². The molecule has 2 nitrogen and oxygen atoms in total. The molecule has 1 atom stereocenters. The fourth-order valence-electron chi connectivity index (χ4n) is 0. The molecule has 0 saturated carbocycles. The minimum Gasteiger partial charge on any atom is -0.777 e. The smallest absolute Gasteiger partial charge is 0.131 e. The van der Waals surface area contributed by atoms with Crippen LogP contribution in [0.1, 0.15) is 0 Å². The summed E-state index contributed by atoms with van der Waals surface area (Å²) in [4.78, 5) is 0. The maximum atomic E-state index is 10.1. The molecular weight excluding hydrogens is 128 g/mol. The third-order valence-electron chi connectivity index (χ3n) is 0.500. The molecule has 0 aromatic heterocycles. The second-order valence-electron chi connectivity index (χ2n) is 2.35. The van der Waals surface area contributed by atoms with E-state index < -0.39 is 17.8 Å². The van der Waals surface area contributed by atoms with Crippen LogP contribution in [0.3, 0.4) is 0 Å². The SMILES string of the molecule is C[Si](C)(C)S(=O)[O-]. The van der Waals surface area contributed by atoms with E-state index in [1.807, 2.05) is 0 Å². The molecule has 0 aliphatic rings. The van der Waals surface area contributed by atoms with Crippen LogP contribution < -0.4 is 0 Å². The number of rotatable bonds is 1. The zero-order chi connectivity index (χ0) is 6.08. The van der Waals surface area contributed by atoms with Crippen LogP contribution in [0.15, 0.2) is 0 Å². The topological polar surface area (TPSA) is 40.1 Å². The van der Waals surface area contributed by atoms with E-state index in [9.17, 15) is 8.76 Å². The van der Waals surface area contributed by atoms with E-state index in [0.717, 1.165) is 0 Å². The van der Waals surface area contributed by atoms with E-state index in [0.29, 0.717) is 0 Å². The van der Waals surface area contributed by atoms with Gasteiger partial charge in [0.2, 0.25) is 0 Å². The van der Waals surface area contributed by atoms with Crippen molar-refractivity contribution in [2.24, 2.45) is 0 Å². The Morgan fingerprint density at radius 3 is 1.57 bits per heavy atom. The Morgan fingerprint density at radius 2 is 1.57 bits per heavy atom. The van der Waals surface area contributed by atoms with Gasteiger partial charge in [0.1, 0.15) is 7.22 Å². The van der Waals surface area contributed by atoms with Gasteiger partial charge in [0.15, 0.2) is 0 Å². The second-order valence-corrected chi connectivity index (χ2v) is 11.7. The van der Waals surface area contributed by atoms with Crippen molar-refractivity contribution < 1.29 is 8.76 Å². The van der Waals surface area contributed by atoms with Crippen molar-refractivity contribution in [3.8, 4) is 0 Å². The van der Waals surface area contributed by atoms with Gasteiger partial charge in [-0.15, -0.1) is 0 Å². The maximum Gasteiger partial charge on any atom is 0.131 e. The summed E-state index contributed by atoms with van der Waals surface area (Å²) in [7, 11) is -3.61.